The van der Waals surface area contributed by atoms with Gasteiger partial charge in [0.05, 0.1) is 24.3 Å². The van der Waals surface area contributed by atoms with Gasteiger partial charge in [-0.15, -0.1) is 11.6 Å². The van der Waals surface area contributed by atoms with Crippen molar-refractivity contribution in [3.05, 3.63) is 22.8 Å². The molecule has 0 spiro atoms. The fraction of sp³-hybridized carbons (Fsp3) is 0.722. The molecule has 0 rings (SSSR count). The molecule has 0 saturated heterocycles. The zero-order chi connectivity index (χ0) is 17.3. The van der Waals surface area contributed by atoms with Crippen LogP contribution in [0.25, 0.3) is 0 Å². The van der Waals surface area contributed by atoms with Gasteiger partial charge in [-0.2, -0.15) is 0 Å². The number of hydrogen-bond acceptors (Lipinski definition) is 3. The first-order chi connectivity index (χ1) is 10.2. The normalized spacial score (nSPS) is 15.5. The van der Waals surface area contributed by atoms with E-state index in [0.29, 0.717) is 13.2 Å². The van der Waals surface area contributed by atoms with E-state index in [1.165, 1.54) is 16.7 Å². The van der Waals surface area contributed by atoms with E-state index in [0.717, 1.165) is 6.42 Å². The molecule has 1 atom stereocenters. The lowest BCUT2D eigenvalue weighted by molar-refractivity contribution is -0.119. The van der Waals surface area contributed by atoms with Gasteiger partial charge in [-0.25, -0.2) is 0 Å². The third-order valence-corrected chi connectivity index (χ3v) is 4.04. The highest BCUT2D eigenvalue weighted by Gasteiger charge is 2.20. The predicted octanol–water partition coefficient (Wildman–Crippen LogP) is 4.61. The molecule has 0 radical (unpaired) electrons. The average molecular weight is 330 g/mol. The number of ketones is 1. The maximum atomic E-state index is 12.1. The van der Waals surface area contributed by atoms with Gasteiger partial charge in [0, 0.05) is 0 Å². The molecule has 0 aromatic carbocycles. The summed E-state index contributed by atoms with van der Waals surface area (Å²) in [5.74, 6) is 0.0140. The first-order valence-electron chi connectivity index (χ1n) is 7.94. The van der Waals surface area contributed by atoms with Crippen LogP contribution in [0.1, 0.15) is 61.3 Å². The Morgan fingerprint density at radius 2 is 1.91 bits per heavy atom. The summed E-state index contributed by atoms with van der Waals surface area (Å²) in [5, 5.41) is 3.18. The van der Waals surface area contributed by atoms with Crippen molar-refractivity contribution in [3.63, 3.8) is 0 Å². The van der Waals surface area contributed by atoms with Crippen LogP contribution in [0.2, 0.25) is 0 Å². The van der Waals surface area contributed by atoms with E-state index in [-0.39, 0.29) is 23.3 Å². The third-order valence-electron chi connectivity index (χ3n) is 3.78. The fourth-order valence-electron chi connectivity index (χ4n) is 2.00. The van der Waals surface area contributed by atoms with Crippen LogP contribution in [0.4, 0.5) is 0 Å². The summed E-state index contributed by atoms with van der Waals surface area (Å²) < 4.78 is 5.66. The van der Waals surface area contributed by atoms with Crippen molar-refractivity contribution in [2.24, 2.45) is 0 Å². The highest BCUT2D eigenvalue weighted by atomic mass is 35.5. The SMILES string of the molecule is C/C=C(CC(NCOC(C)(C)C)C(=O)CCl)\C(C)=C(\C)CC. The summed E-state index contributed by atoms with van der Waals surface area (Å²) in [6, 6.07) is -0.314. The Balaban J connectivity index is 4.95. The van der Waals surface area contributed by atoms with Gasteiger partial charge in [-0.1, -0.05) is 18.6 Å². The Bertz CT molecular complexity index is 419. The predicted molar refractivity (Wildman–Crippen MR) is 95.4 cm³/mol. The van der Waals surface area contributed by atoms with Crippen LogP contribution in [0.3, 0.4) is 0 Å². The van der Waals surface area contributed by atoms with Gasteiger partial charge < -0.3 is 4.74 Å². The lowest BCUT2D eigenvalue weighted by atomic mass is 9.93. The van der Waals surface area contributed by atoms with Crippen LogP contribution < -0.4 is 5.32 Å². The number of Topliss-reactive ketones (excluding diaryl/α,β-unsaturated/α-hetero) is 1. The maximum absolute atomic E-state index is 12.1. The van der Waals surface area contributed by atoms with E-state index in [4.69, 9.17) is 16.3 Å². The van der Waals surface area contributed by atoms with Gasteiger partial charge >= 0.3 is 0 Å². The van der Waals surface area contributed by atoms with Gasteiger partial charge in [0.25, 0.3) is 0 Å². The molecule has 22 heavy (non-hydrogen) atoms. The zero-order valence-corrected chi connectivity index (χ0v) is 15.9. The highest BCUT2D eigenvalue weighted by molar-refractivity contribution is 6.28. The molecule has 0 heterocycles. The Morgan fingerprint density at radius 3 is 2.32 bits per heavy atom. The third kappa shape index (κ3) is 8.11. The second-order valence-electron chi connectivity index (χ2n) is 6.53. The Morgan fingerprint density at radius 1 is 1.32 bits per heavy atom. The number of halogens is 1. The van der Waals surface area contributed by atoms with Gasteiger partial charge in [0.1, 0.15) is 0 Å². The number of carbonyl (C=O) groups is 1. The van der Waals surface area contributed by atoms with Gasteiger partial charge in [0.2, 0.25) is 0 Å². The molecule has 0 aromatic heterocycles. The molecule has 0 aliphatic carbocycles. The van der Waals surface area contributed by atoms with Crippen LogP contribution >= 0.6 is 11.6 Å². The second kappa shape index (κ2) is 10.2. The summed E-state index contributed by atoms with van der Waals surface area (Å²) in [7, 11) is 0. The number of alkyl halides is 1. The zero-order valence-electron chi connectivity index (χ0n) is 15.2. The lowest BCUT2D eigenvalue weighted by Crippen LogP contribution is -2.41. The molecule has 0 saturated carbocycles. The number of carbonyl (C=O) groups excluding carboxylic acids is 1. The summed E-state index contributed by atoms with van der Waals surface area (Å²) >= 11 is 5.75. The van der Waals surface area contributed by atoms with Crippen molar-refractivity contribution in [1.29, 1.82) is 0 Å². The van der Waals surface area contributed by atoms with Crippen molar-refractivity contribution in [2.45, 2.75) is 73.0 Å². The number of hydrogen-bond donors (Lipinski definition) is 1. The van der Waals surface area contributed by atoms with E-state index in [1.54, 1.807) is 0 Å². The molecule has 0 aliphatic heterocycles. The van der Waals surface area contributed by atoms with E-state index in [1.807, 2.05) is 27.7 Å². The Hall–Kier alpha value is -0.640. The molecule has 1 unspecified atom stereocenters. The molecule has 4 heteroatoms. The summed E-state index contributed by atoms with van der Waals surface area (Å²) in [6.07, 6.45) is 3.73. The minimum Gasteiger partial charge on any atom is -0.361 e. The van der Waals surface area contributed by atoms with Crippen LogP contribution in [-0.4, -0.2) is 30.0 Å². The molecule has 1 N–H and O–H groups in total. The van der Waals surface area contributed by atoms with Crippen molar-refractivity contribution >= 4 is 17.4 Å². The first kappa shape index (κ1) is 21.4. The van der Waals surface area contributed by atoms with E-state index < -0.39 is 0 Å². The molecule has 0 fully saturated rings. The van der Waals surface area contributed by atoms with Crippen molar-refractivity contribution in [1.82, 2.24) is 5.32 Å². The minimum atomic E-state index is -0.314. The van der Waals surface area contributed by atoms with E-state index >= 15 is 0 Å². The molecule has 0 bridgehead atoms. The summed E-state index contributed by atoms with van der Waals surface area (Å²) in [5.41, 5.74) is 3.55. The maximum Gasteiger partial charge on any atom is 0.164 e. The number of allylic oxidation sites excluding steroid dienone is 3. The van der Waals surface area contributed by atoms with Crippen molar-refractivity contribution < 1.29 is 9.53 Å². The highest BCUT2D eigenvalue weighted by Crippen LogP contribution is 2.21. The monoisotopic (exact) mass is 329 g/mol. The molecular formula is C18H32ClNO2. The summed E-state index contributed by atoms with van der Waals surface area (Å²) in [4.78, 5) is 12.1. The number of rotatable bonds is 9. The first-order valence-corrected chi connectivity index (χ1v) is 8.47. The lowest BCUT2D eigenvalue weighted by Gasteiger charge is -2.24. The standard InChI is InChI=1S/C18H32ClNO2/c1-8-13(3)14(4)15(9-2)10-16(17(21)11-19)20-12-22-18(5,6)7/h9,16,20H,8,10-12H2,1-7H3/b14-13-,15-9-. The quantitative estimate of drug-likeness (QED) is 0.381. The van der Waals surface area contributed by atoms with Gasteiger partial charge in [-0.3, -0.25) is 10.1 Å². The minimum absolute atomic E-state index is 0.000442. The molecule has 0 aliphatic rings. The topological polar surface area (TPSA) is 38.3 Å². The van der Waals surface area contributed by atoms with E-state index in [9.17, 15) is 4.79 Å². The van der Waals surface area contributed by atoms with Gasteiger partial charge in [-0.05, 0) is 65.5 Å². The fourth-order valence-corrected chi connectivity index (χ4v) is 2.18. The van der Waals surface area contributed by atoms with Crippen LogP contribution in [0.15, 0.2) is 22.8 Å². The largest absolute Gasteiger partial charge is 0.361 e. The molecule has 128 valence electrons. The Kier molecular flexibility index (Phi) is 9.90. The van der Waals surface area contributed by atoms with Crippen molar-refractivity contribution in [3.8, 4) is 0 Å². The van der Waals surface area contributed by atoms with Crippen molar-refractivity contribution in [2.75, 3.05) is 12.6 Å². The molecule has 0 aromatic rings. The van der Waals surface area contributed by atoms with Gasteiger partial charge in [0.15, 0.2) is 5.78 Å². The smallest absolute Gasteiger partial charge is 0.164 e. The molecule has 0 amide bonds. The molecular weight excluding hydrogens is 298 g/mol. The number of nitrogens with one attached hydrogen (secondary N) is 1. The van der Waals surface area contributed by atoms with E-state index in [2.05, 4.69) is 32.2 Å². The Labute approximate surface area is 141 Å². The number of ether oxygens (including phenoxy) is 1. The van der Waals surface area contributed by atoms with Crippen LogP contribution in [-0.2, 0) is 9.53 Å². The second-order valence-corrected chi connectivity index (χ2v) is 6.80. The van der Waals surface area contributed by atoms with Crippen LogP contribution in [0.5, 0.6) is 0 Å². The summed E-state index contributed by atoms with van der Waals surface area (Å²) in [6.45, 7) is 14.7. The molecule has 3 nitrogen and oxygen atoms in total. The average Bonchev–Trinajstić information content (AvgIpc) is 2.47. The van der Waals surface area contributed by atoms with Crippen LogP contribution in [0, 0.1) is 0 Å².